The van der Waals surface area contributed by atoms with Crippen LogP contribution in [0, 0.1) is 5.92 Å². The van der Waals surface area contributed by atoms with Crippen molar-refractivity contribution in [2.45, 2.75) is 32.4 Å². The molecular formula is C12H25N3O. The van der Waals surface area contributed by atoms with Crippen molar-refractivity contribution in [3.8, 4) is 0 Å². The van der Waals surface area contributed by atoms with E-state index in [9.17, 15) is 4.79 Å². The van der Waals surface area contributed by atoms with Crippen molar-refractivity contribution >= 4 is 5.91 Å². The zero-order valence-electron chi connectivity index (χ0n) is 11.2. The third kappa shape index (κ3) is 3.46. The van der Waals surface area contributed by atoms with Crippen molar-refractivity contribution in [1.82, 2.24) is 15.1 Å². The number of likely N-dealkylation sites (N-methyl/N-ethyl adjacent to an activating group) is 1. The van der Waals surface area contributed by atoms with Gasteiger partial charge in [-0.1, -0.05) is 6.92 Å². The Morgan fingerprint density at radius 3 is 2.62 bits per heavy atom. The highest BCUT2D eigenvalue weighted by Gasteiger charge is 2.27. The molecule has 1 fully saturated rings. The number of likely N-dealkylation sites (tertiary alicyclic amines) is 1. The normalized spacial score (nSPS) is 28.8. The van der Waals surface area contributed by atoms with Crippen molar-refractivity contribution in [2.24, 2.45) is 5.92 Å². The van der Waals surface area contributed by atoms with Crippen LogP contribution in [0.2, 0.25) is 0 Å². The van der Waals surface area contributed by atoms with Gasteiger partial charge in [-0.3, -0.25) is 4.79 Å². The Kier molecular flexibility index (Phi) is 4.74. The lowest BCUT2D eigenvalue weighted by Crippen LogP contribution is -2.53. The van der Waals surface area contributed by atoms with E-state index in [0.717, 1.165) is 19.5 Å². The lowest BCUT2D eigenvalue weighted by atomic mass is 9.93. The molecule has 0 aliphatic carbocycles. The highest BCUT2D eigenvalue weighted by Crippen LogP contribution is 2.16. The van der Waals surface area contributed by atoms with Gasteiger partial charge in [0, 0.05) is 26.7 Å². The summed E-state index contributed by atoms with van der Waals surface area (Å²) < 4.78 is 0. The lowest BCUT2D eigenvalue weighted by Gasteiger charge is -2.37. The first kappa shape index (κ1) is 13.5. The zero-order valence-corrected chi connectivity index (χ0v) is 11.2. The minimum atomic E-state index is -0.0779. The second-order valence-corrected chi connectivity index (χ2v) is 5.26. The van der Waals surface area contributed by atoms with E-state index in [1.54, 1.807) is 19.0 Å². The Bertz CT molecular complexity index is 242. The number of rotatable bonds is 3. The quantitative estimate of drug-likeness (QED) is 0.758. The lowest BCUT2D eigenvalue weighted by molar-refractivity contribution is -0.130. The highest BCUT2D eigenvalue weighted by molar-refractivity contribution is 5.80. The molecule has 0 radical (unpaired) electrons. The molecular weight excluding hydrogens is 202 g/mol. The molecule has 4 heteroatoms. The standard InChI is InChI=1S/C12H25N3O/c1-9-8-15(5)7-6-11(9)13-10(2)12(16)14(3)4/h9-11,13H,6-8H2,1-5H3. The molecule has 3 unspecified atom stereocenters. The van der Waals surface area contributed by atoms with Gasteiger partial charge in [0.15, 0.2) is 0 Å². The van der Waals surface area contributed by atoms with Crippen molar-refractivity contribution < 1.29 is 4.79 Å². The predicted molar refractivity (Wildman–Crippen MR) is 66.4 cm³/mol. The van der Waals surface area contributed by atoms with Gasteiger partial charge in [0.1, 0.15) is 0 Å². The zero-order chi connectivity index (χ0) is 12.3. The van der Waals surface area contributed by atoms with Gasteiger partial charge in [-0.15, -0.1) is 0 Å². The van der Waals surface area contributed by atoms with Crippen LogP contribution in [0.1, 0.15) is 20.3 Å². The molecule has 0 bridgehead atoms. The molecule has 1 aliphatic rings. The molecule has 0 aromatic heterocycles. The van der Waals surface area contributed by atoms with Gasteiger partial charge in [0.2, 0.25) is 5.91 Å². The first-order valence-electron chi connectivity index (χ1n) is 6.07. The predicted octanol–water partition coefficient (Wildman–Crippen LogP) is 0.393. The summed E-state index contributed by atoms with van der Waals surface area (Å²) in [6, 6.07) is 0.390. The van der Waals surface area contributed by atoms with Gasteiger partial charge in [-0.25, -0.2) is 0 Å². The molecule has 0 saturated carbocycles. The maximum atomic E-state index is 11.7. The number of carbonyl (C=O) groups excluding carboxylic acids is 1. The van der Waals surface area contributed by atoms with Crippen molar-refractivity contribution in [1.29, 1.82) is 0 Å². The fourth-order valence-electron chi connectivity index (χ4n) is 2.38. The molecule has 94 valence electrons. The first-order valence-corrected chi connectivity index (χ1v) is 6.07. The maximum Gasteiger partial charge on any atom is 0.238 e. The fraction of sp³-hybridized carbons (Fsp3) is 0.917. The van der Waals surface area contributed by atoms with Crippen LogP contribution in [-0.2, 0) is 4.79 Å². The molecule has 1 aliphatic heterocycles. The van der Waals surface area contributed by atoms with Gasteiger partial charge < -0.3 is 15.1 Å². The molecule has 0 aromatic rings. The van der Waals surface area contributed by atoms with Crippen LogP contribution in [0.3, 0.4) is 0 Å². The molecule has 1 saturated heterocycles. The number of nitrogens with zero attached hydrogens (tertiary/aromatic N) is 2. The summed E-state index contributed by atoms with van der Waals surface area (Å²) in [4.78, 5) is 15.7. The van der Waals surface area contributed by atoms with Gasteiger partial charge in [-0.05, 0) is 32.9 Å². The number of nitrogens with one attached hydrogen (secondary N) is 1. The van der Waals surface area contributed by atoms with Crippen molar-refractivity contribution in [3.05, 3.63) is 0 Å². The Labute approximate surface area is 99.0 Å². The molecule has 3 atom stereocenters. The Balaban J connectivity index is 2.45. The van der Waals surface area contributed by atoms with Gasteiger partial charge >= 0.3 is 0 Å². The minimum Gasteiger partial charge on any atom is -0.347 e. The van der Waals surface area contributed by atoms with Crippen LogP contribution < -0.4 is 5.32 Å². The van der Waals surface area contributed by atoms with Crippen molar-refractivity contribution in [3.63, 3.8) is 0 Å². The number of carbonyl (C=O) groups is 1. The van der Waals surface area contributed by atoms with Crippen LogP contribution in [0.25, 0.3) is 0 Å². The summed E-state index contributed by atoms with van der Waals surface area (Å²) in [6.07, 6.45) is 1.13. The first-order chi connectivity index (χ1) is 7.41. The Hall–Kier alpha value is -0.610. The second-order valence-electron chi connectivity index (χ2n) is 5.26. The van der Waals surface area contributed by atoms with Crippen LogP contribution in [0.4, 0.5) is 0 Å². The molecule has 0 aromatic carbocycles. The summed E-state index contributed by atoms with van der Waals surface area (Å²) in [7, 11) is 5.76. The van der Waals surface area contributed by atoms with E-state index < -0.39 is 0 Å². The monoisotopic (exact) mass is 227 g/mol. The van der Waals surface area contributed by atoms with Crippen LogP contribution >= 0.6 is 0 Å². The molecule has 1 rings (SSSR count). The minimum absolute atomic E-state index is 0.0779. The van der Waals surface area contributed by atoms with Gasteiger partial charge in [0.05, 0.1) is 6.04 Å². The Morgan fingerprint density at radius 2 is 2.12 bits per heavy atom. The second kappa shape index (κ2) is 5.64. The molecule has 1 heterocycles. The topological polar surface area (TPSA) is 35.6 Å². The van der Waals surface area contributed by atoms with Crippen LogP contribution in [0.15, 0.2) is 0 Å². The summed E-state index contributed by atoms with van der Waals surface area (Å²) >= 11 is 0. The molecule has 4 nitrogen and oxygen atoms in total. The summed E-state index contributed by atoms with van der Waals surface area (Å²) in [5.74, 6) is 0.766. The fourth-order valence-corrected chi connectivity index (χ4v) is 2.38. The summed E-state index contributed by atoms with van der Waals surface area (Å²) in [5.41, 5.74) is 0. The third-order valence-corrected chi connectivity index (χ3v) is 3.38. The smallest absolute Gasteiger partial charge is 0.238 e. The third-order valence-electron chi connectivity index (χ3n) is 3.38. The average Bonchev–Trinajstić information content (AvgIpc) is 2.20. The van der Waals surface area contributed by atoms with Crippen molar-refractivity contribution in [2.75, 3.05) is 34.2 Å². The van der Waals surface area contributed by atoms with Gasteiger partial charge in [-0.2, -0.15) is 0 Å². The molecule has 0 spiro atoms. The van der Waals surface area contributed by atoms with E-state index in [1.165, 1.54) is 0 Å². The number of hydrogen-bond acceptors (Lipinski definition) is 3. The van der Waals surface area contributed by atoms with Crippen LogP contribution in [-0.4, -0.2) is 62.0 Å². The molecule has 16 heavy (non-hydrogen) atoms. The average molecular weight is 227 g/mol. The van der Waals surface area contributed by atoms with E-state index in [2.05, 4.69) is 24.2 Å². The maximum absolute atomic E-state index is 11.7. The largest absolute Gasteiger partial charge is 0.347 e. The van der Waals surface area contributed by atoms with Crippen LogP contribution in [0.5, 0.6) is 0 Å². The van der Waals surface area contributed by atoms with E-state index in [0.29, 0.717) is 12.0 Å². The SMILES string of the molecule is CC(NC1CCN(C)CC1C)C(=O)N(C)C. The Morgan fingerprint density at radius 1 is 1.50 bits per heavy atom. The van der Waals surface area contributed by atoms with Gasteiger partial charge in [0.25, 0.3) is 0 Å². The summed E-state index contributed by atoms with van der Waals surface area (Å²) in [5, 5.41) is 3.45. The number of piperidine rings is 1. The highest BCUT2D eigenvalue weighted by atomic mass is 16.2. The molecule has 1 N–H and O–H groups in total. The van der Waals surface area contributed by atoms with E-state index >= 15 is 0 Å². The summed E-state index contributed by atoms with van der Waals surface area (Å²) in [6.45, 7) is 6.43. The van der Waals surface area contributed by atoms with E-state index in [4.69, 9.17) is 0 Å². The number of hydrogen-bond donors (Lipinski definition) is 1. The molecule has 1 amide bonds. The van der Waals surface area contributed by atoms with E-state index in [1.807, 2.05) is 6.92 Å². The van der Waals surface area contributed by atoms with E-state index in [-0.39, 0.29) is 11.9 Å². The number of amides is 1.